The van der Waals surface area contributed by atoms with Crippen LogP contribution in [0, 0.1) is 0 Å². The maximum Gasteiger partial charge on any atom is 0.326 e. The second kappa shape index (κ2) is 24.6. The lowest BCUT2D eigenvalue weighted by Crippen LogP contribution is -2.59. The molecule has 14 nitrogen and oxygen atoms in total. The molecule has 0 radical (unpaired) electrons. The van der Waals surface area contributed by atoms with Gasteiger partial charge in [0.2, 0.25) is 35.4 Å². The van der Waals surface area contributed by atoms with E-state index < -0.39 is 71.6 Å². The summed E-state index contributed by atoms with van der Waals surface area (Å²) < 4.78 is 0. The van der Waals surface area contributed by atoms with Gasteiger partial charge in [0.25, 0.3) is 0 Å². The molecule has 2 heterocycles. The fourth-order valence-corrected chi connectivity index (χ4v) is 8.25. The second-order valence-electron chi connectivity index (χ2n) is 17.4. The molecular formula is C57H56N6O8. The number of anilines is 1. The Labute approximate surface area is 412 Å². The molecule has 0 aliphatic carbocycles. The van der Waals surface area contributed by atoms with E-state index in [9.17, 15) is 38.7 Å². The Morgan fingerprint density at radius 3 is 1.75 bits per heavy atom. The molecular weight excluding hydrogens is 897 g/mol. The van der Waals surface area contributed by atoms with Gasteiger partial charge >= 0.3 is 5.97 Å². The predicted molar refractivity (Wildman–Crippen MR) is 271 cm³/mol. The third kappa shape index (κ3) is 14.7. The molecule has 5 atom stereocenters. The summed E-state index contributed by atoms with van der Waals surface area (Å²) in [5.41, 5.74) is 5.71. The molecule has 0 fully saturated rings. The van der Waals surface area contributed by atoms with Crippen molar-refractivity contribution in [2.45, 2.75) is 75.2 Å². The van der Waals surface area contributed by atoms with E-state index in [2.05, 4.69) is 38.5 Å². The standard InChI is InChI=1S/C57H56N6O8/c1-37(42-25-27-44(28-26-42)43-20-12-5-13-21-43)52-56(69)60-46(31-24-38-14-6-2-7-15-38)53(66)61-48(54(67)62-49(57(70)71)36-40-18-10-4-11-19-40)35-41-22-29-45(30-23-41)58-50(64)32-33-51(65)59-47(55(68)63-52)34-39-16-8-3-9-17-39/h2-23,25-30,46-49,52H,1,24,31-36H2,(H,58,64)(H,59,65)(H,60,69)(H,61,66)(H,62,67)(H,63,68)(H,70,71). The van der Waals surface area contributed by atoms with E-state index >= 15 is 0 Å². The third-order valence-corrected chi connectivity index (χ3v) is 12.2. The highest BCUT2D eigenvalue weighted by Crippen LogP contribution is 2.24. The number of fused-ring (bicyclic) bond motifs is 18. The van der Waals surface area contributed by atoms with Crippen LogP contribution in [0.15, 0.2) is 176 Å². The first-order valence-electron chi connectivity index (χ1n) is 23.5. The Morgan fingerprint density at radius 1 is 0.577 bits per heavy atom. The number of carbonyl (C=O) groups excluding carboxylic acids is 6. The number of nitrogens with one attached hydrogen (secondary N) is 6. The lowest BCUT2D eigenvalue weighted by molar-refractivity contribution is -0.142. The predicted octanol–water partition coefficient (Wildman–Crippen LogP) is 5.97. The molecule has 6 aromatic rings. The number of benzene rings is 6. The molecule has 0 aromatic heterocycles. The first-order valence-corrected chi connectivity index (χ1v) is 23.5. The van der Waals surface area contributed by atoms with Crippen molar-refractivity contribution in [2.75, 3.05) is 5.32 Å². The molecule has 5 unspecified atom stereocenters. The number of aryl methyl sites for hydroxylation is 1. The summed E-state index contributed by atoms with van der Waals surface area (Å²) in [6.45, 7) is 4.29. The van der Waals surface area contributed by atoms with Crippen LogP contribution in [0.5, 0.6) is 0 Å². The summed E-state index contributed by atoms with van der Waals surface area (Å²) in [5.74, 6) is -5.41. The van der Waals surface area contributed by atoms with Crippen molar-refractivity contribution in [1.29, 1.82) is 0 Å². The zero-order chi connectivity index (χ0) is 50.1. The third-order valence-electron chi connectivity index (χ3n) is 12.2. The highest BCUT2D eigenvalue weighted by Gasteiger charge is 2.34. The largest absolute Gasteiger partial charge is 0.480 e. The van der Waals surface area contributed by atoms with Crippen molar-refractivity contribution in [1.82, 2.24) is 26.6 Å². The van der Waals surface area contributed by atoms with E-state index in [1.165, 1.54) is 0 Å². The molecule has 2 aliphatic rings. The smallest absolute Gasteiger partial charge is 0.326 e. The lowest BCUT2D eigenvalue weighted by atomic mass is 9.95. The van der Waals surface area contributed by atoms with Crippen LogP contribution in [0.3, 0.4) is 0 Å². The van der Waals surface area contributed by atoms with Crippen molar-refractivity contribution >= 4 is 52.7 Å². The first-order chi connectivity index (χ1) is 34.4. The fraction of sp³-hybridized carbons (Fsp3) is 0.211. The second-order valence-corrected chi connectivity index (χ2v) is 17.4. The maximum atomic E-state index is 15.0. The van der Waals surface area contributed by atoms with E-state index in [1.54, 1.807) is 91.0 Å². The molecule has 6 amide bonds. The van der Waals surface area contributed by atoms with Crippen molar-refractivity contribution in [2.24, 2.45) is 0 Å². The van der Waals surface area contributed by atoms with Gasteiger partial charge in [0.1, 0.15) is 30.2 Å². The molecule has 0 spiro atoms. The van der Waals surface area contributed by atoms with E-state index in [-0.39, 0.29) is 44.1 Å². The maximum absolute atomic E-state index is 15.0. The van der Waals surface area contributed by atoms with Crippen molar-refractivity contribution < 1.29 is 38.7 Å². The number of hydrogen-bond donors (Lipinski definition) is 7. The van der Waals surface area contributed by atoms with Gasteiger partial charge in [-0.2, -0.15) is 0 Å². The van der Waals surface area contributed by atoms with Crippen LogP contribution in [0.4, 0.5) is 5.69 Å². The molecule has 7 N–H and O–H groups in total. The average Bonchev–Trinajstić information content (AvgIpc) is 3.39. The number of carbonyl (C=O) groups is 7. The summed E-state index contributed by atoms with van der Waals surface area (Å²) >= 11 is 0. The highest BCUT2D eigenvalue weighted by atomic mass is 16.4. The number of hydrogen-bond acceptors (Lipinski definition) is 7. The van der Waals surface area contributed by atoms with E-state index in [1.807, 2.05) is 78.9 Å². The van der Waals surface area contributed by atoms with Crippen LogP contribution in [0.25, 0.3) is 16.7 Å². The lowest BCUT2D eigenvalue weighted by Gasteiger charge is -2.28. The summed E-state index contributed by atoms with van der Waals surface area (Å²) in [6.07, 6.45) is -0.245. The highest BCUT2D eigenvalue weighted by molar-refractivity contribution is 6.02. The SMILES string of the molecule is C=C(c1ccc(-c2ccccc2)cc1)C1NC(=O)C(Cc2ccccc2)NC(=O)CCC(=O)Nc2ccc(cc2)CC(C(=O)NC(Cc2ccccc2)C(=O)O)NC(=O)C(CCc2ccccc2)NC1=O. The number of aliphatic carboxylic acids is 1. The molecule has 2 aliphatic heterocycles. The summed E-state index contributed by atoms with van der Waals surface area (Å²) in [7, 11) is 0. The van der Waals surface area contributed by atoms with Crippen LogP contribution >= 0.6 is 0 Å². The minimum absolute atomic E-state index is 0.0309. The molecule has 0 saturated carbocycles. The Hall–Kier alpha value is -8.65. The number of amides is 6. The van der Waals surface area contributed by atoms with E-state index in [0.717, 1.165) is 16.7 Å². The van der Waals surface area contributed by atoms with Crippen LogP contribution in [-0.4, -0.2) is 76.7 Å². The summed E-state index contributed by atoms with van der Waals surface area (Å²) in [4.78, 5) is 97.8. The number of carboxylic acids is 1. The molecule has 14 heteroatoms. The number of rotatable bonds is 13. The Bertz CT molecular complexity index is 2810. The van der Waals surface area contributed by atoms with Gasteiger partial charge < -0.3 is 37.0 Å². The molecule has 362 valence electrons. The normalized spacial score (nSPS) is 18.5. The van der Waals surface area contributed by atoms with Crippen molar-refractivity contribution in [3.8, 4) is 11.1 Å². The topological polar surface area (TPSA) is 212 Å². The Balaban J connectivity index is 1.26. The quantitative estimate of drug-likeness (QED) is 0.0685. The first kappa shape index (κ1) is 50.2. The van der Waals surface area contributed by atoms with Gasteiger partial charge in [-0.05, 0) is 69.5 Å². The van der Waals surface area contributed by atoms with Gasteiger partial charge in [0.05, 0.1) is 0 Å². The van der Waals surface area contributed by atoms with Gasteiger partial charge in [0, 0.05) is 37.8 Å². The number of carboxylic acid groups (broad SMARTS) is 1. The van der Waals surface area contributed by atoms with Crippen molar-refractivity contribution in [3.63, 3.8) is 0 Å². The monoisotopic (exact) mass is 952 g/mol. The molecule has 0 saturated heterocycles. The van der Waals surface area contributed by atoms with Gasteiger partial charge in [-0.3, -0.25) is 28.8 Å². The van der Waals surface area contributed by atoms with Gasteiger partial charge in [-0.25, -0.2) is 4.79 Å². The van der Waals surface area contributed by atoms with Crippen LogP contribution in [-0.2, 0) is 59.2 Å². The van der Waals surface area contributed by atoms with Gasteiger partial charge in [-0.1, -0.05) is 164 Å². The Morgan fingerprint density at radius 2 is 1.13 bits per heavy atom. The molecule has 8 rings (SSSR count). The fourth-order valence-electron chi connectivity index (χ4n) is 8.25. The van der Waals surface area contributed by atoms with Crippen LogP contribution in [0.1, 0.15) is 47.1 Å². The van der Waals surface area contributed by atoms with E-state index in [4.69, 9.17) is 0 Å². The van der Waals surface area contributed by atoms with Crippen LogP contribution in [0.2, 0.25) is 0 Å². The van der Waals surface area contributed by atoms with Crippen molar-refractivity contribution in [3.05, 3.63) is 204 Å². The minimum atomic E-state index is -1.50. The average molecular weight is 953 g/mol. The van der Waals surface area contributed by atoms with Gasteiger partial charge in [0.15, 0.2) is 0 Å². The summed E-state index contributed by atoms with van der Waals surface area (Å²) in [6, 6.07) is 43.8. The minimum Gasteiger partial charge on any atom is -0.480 e. The zero-order valence-corrected chi connectivity index (χ0v) is 39.0. The Kier molecular flexibility index (Phi) is 17.4. The van der Waals surface area contributed by atoms with Gasteiger partial charge in [-0.15, -0.1) is 0 Å². The molecule has 6 aromatic carbocycles. The van der Waals surface area contributed by atoms with E-state index in [0.29, 0.717) is 34.4 Å². The summed E-state index contributed by atoms with van der Waals surface area (Å²) in [5, 5.41) is 26.9. The molecule has 2 bridgehead atoms. The zero-order valence-electron chi connectivity index (χ0n) is 39.0. The molecule has 71 heavy (non-hydrogen) atoms. The van der Waals surface area contributed by atoms with Crippen LogP contribution < -0.4 is 31.9 Å².